The molecule has 1 amide bonds. The van der Waals surface area contributed by atoms with E-state index in [1.165, 1.54) is 10.4 Å². The van der Waals surface area contributed by atoms with Gasteiger partial charge in [-0.1, -0.05) is 0 Å². The molecular formula is C13H18N2OS. The van der Waals surface area contributed by atoms with Crippen molar-refractivity contribution >= 4 is 17.2 Å². The van der Waals surface area contributed by atoms with Gasteiger partial charge in [-0.05, 0) is 42.7 Å². The second-order valence-corrected chi connectivity index (χ2v) is 6.08. The summed E-state index contributed by atoms with van der Waals surface area (Å²) in [6.07, 6.45) is 4.25. The van der Waals surface area contributed by atoms with Gasteiger partial charge in [0.1, 0.15) is 0 Å². The summed E-state index contributed by atoms with van der Waals surface area (Å²) in [4.78, 5) is 15.9. The Kier molecular flexibility index (Phi) is 2.92. The number of rotatable bonds is 1. The van der Waals surface area contributed by atoms with Crippen molar-refractivity contribution < 1.29 is 4.79 Å². The zero-order valence-corrected chi connectivity index (χ0v) is 10.7. The van der Waals surface area contributed by atoms with Gasteiger partial charge in [-0.15, -0.1) is 11.3 Å². The molecule has 4 heteroatoms. The summed E-state index contributed by atoms with van der Waals surface area (Å²) in [5.74, 6) is 0.410. The SMILES string of the molecule is N[C@@H]1CCN(C(=O)C2CCCc3sccc32)C1. The quantitative estimate of drug-likeness (QED) is 0.825. The van der Waals surface area contributed by atoms with Crippen molar-refractivity contribution in [1.82, 2.24) is 4.90 Å². The summed E-state index contributed by atoms with van der Waals surface area (Å²) in [7, 11) is 0. The molecule has 1 aromatic heterocycles. The molecule has 1 unspecified atom stereocenters. The third-order valence-corrected chi connectivity index (χ3v) is 4.88. The largest absolute Gasteiger partial charge is 0.341 e. The number of nitrogens with two attached hydrogens (primary N) is 1. The summed E-state index contributed by atoms with van der Waals surface area (Å²) in [6, 6.07) is 2.32. The Labute approximate surface area is 106 Å². The highest BCUT2D eigenvalue weighted by molar-refractivity contribution is 7.10. The van der Waals surface area contributed by atoms with Crippen molar-refractivity contribution in [2.45, 2.75) is 37.6 Å². The Morgan fingerprint density at radius 2 is 2.35 bits per heavy atom. The van der Waals surface area contributed by atoms with Gasteiger partial charge in [0.25, 0.3) is 0 Å². The number of amides is 1. The van der Waals surface area contributed by atoms with Crippen molar-refractivity contribution in [1.29, 1.82) is 0 Å². The molecule has 17 heavy (non-hydrogen) atoms. The molecule has 3 nitrogen and oxygen atoms in total. The van der Waals surface area contributed by atoms with Crippen molar-refractivity contribution in [3.63, 3.8) is 0 Å². The average molecular weight is 250 g/mol. The predicted octanol–water partition coefficient (Wildman–Crippen LogP) is 1.73. The molecule has 3 rings (SSSR count). The first kappa shape index (κ1) is 11.2. The van der Waals surface area contributed by atoms with Crippen molar-refractivity contribution in [2.24, 2.45) is 5.73 Å². The molecule has 1 fully saturated rings. The van der Waals surface area contributed by atoms with Crippen LogP contribution < -0.4 is 5.73 Å². The van der Waals surface area contributed by atoms with Crippen LogP contribution in [0.5, 0.6) is 0 Å². The van der Waals surface area contributed by atoms with Gasteiger partial charge in [0.2, 0.25) is 5.91 Å². The second kappa shape index (κ2) is 4.42. The van der Waals surface area contributed by atoms with Crippen LogP contribution in [0.25, 0.3) is 0 Å². The summed E-state index contributed by atoms with van der Waals surface area (Å²) in [6.45, 7) is 1.59. The third kappa shape index (κ3) is 2.00. The maximum atomic E-state index is 12.5. The topological polar surface area (TPSA) is 46.3 Å². The normalized spacial score (nSPS) is 28.2. The lowest BCUT2D eigenvalue weighted by Crippen LogP contribution is -2.36. The van der Waals surface area contributed by atoms with Crippen LogP contribution in [0.3, 0.4) is 0 Å². The molecule has 1 aromatic rings. The Balaban J connectivity index is 1.80. The maximum absolute atomic E-state index is 12.5. The van der Waals surface area contributed by atoms with E-state index in [-0.39, 0.29) is 12.0 Å². The molecule has 0 aromatic carbocycles. The number of thiophene rings is 1. The molecule has 2 heterocycles. The molecule has 0 saturated carbocycles. The summed E-state index contributed by atoms with van der Waals surface area (Å²) in [5.41, 5.74) is 7.16. The fraction of sp³-hybridized carbons (Fsp3) is 0.615. The Morgan fingerprint density at radius 1 is 1.47 bits per heavy atom. The van der Waals surface area contributed by atoms with Gasteiger partial charge in [-0.25, -0.2) is 0 Å². The Hall–Kier alpha value is -0.870. The Bertz CT molecular complexity index is 429. The van der Waals surface area contributed by atoms with Gasteiger partial charge >= 0.3 is 0 Å². The number of hydrogen-bond acceptors (Lipinski definition) is 3. The van der Waals surface area contributed by atoms with E-state index in [2.05, 4.69) is 11.4 Å². The zero-order valence-electron chi connectivity index (χ0n) is 9.89. The zero-order chi connectivity index (χ0) is 11.8. The highest BCUT2D eigenvalue weighted by atomic mass is 32.1. The second-order valence-electron chi connectivity index (χ2n) is 5.08. The van der Waals surface area contributed by atoms with Gasteiger partial charge in [0.05, 0.1) is 5.92 Å². The molecule has 1 saturated heterocycles. The van der Waals surface area contributed by atoms with Gasteiger partial charge in [0, 0.05) is 24.0 Å². The predicted molar refractivity (Wildman–Crippen MR) is 69.2 cm³/mol. The lowest BCUT2D eigenvalue weighted by molar-refractivity contribution is -0.132. The van der Waals surface area contributed by atoms with Crippen LogP contribution in [0.4, 0.5) is 0 Å². The first-order valence-electron chi connectivity index (χ1n) is 6.36. The number of likely N-dealkylation sites (tertiary alicyclic amines) is 1. The molecule has 2 N–H and O–H groups in total. The molecular weight excluding hydrogens is 232 g/mol. The summed E-state index contributed by atoms with van der Waals surface area (Å²) >= 11 is 1.79. The van der Waals surface area contributed by atoms with E-state index in [4.69, 9.17) is 5.73 Å². The smallest absolute Gasteiger partial charge is 0.230 e. The monoisotopic (exact) mass is 250 g/mol. The van der Waals surface area contributed by atoms with E-state index in [1.807, 2.05) is 4.90 Å². The lowest BCUT2D eigenvalue weighted by atomic mass is 9.87. The van der Waals surface area contributed by atoms with Crippen molar-refractivity contribution in [3.05, 3.63) is 21.9 Å². The molecule has 1 aliphatic heterocycles. The molecule has 2 atom stereocenters. The van der Waals surface area contributed by atoms with Gasteiger partial charge in [-0.2, -0.15) is 0 Å². The number of aryl methyl sites for hydroxylation is 1. The van der Waals surface area contributed by atoms with Crippen LogP contribution in [0, 0.1) is 0 Å². The maximum Gasteiger partial charge on any atom is 0.230 e. The van der Waals surface area contributed by atoms with Gasteiger partial charge in [0.15, 0.2) is 0 Å². The number of nitrogens with zero attached hydrogens (tertiary/aromatic N) is 1. The average Bonchev–Trinajstić information content (AvgIpc) is 2.95. The Morgan fingerprint density at radius 3 is 3.12 bits per heavy atom. The van der Waals surface area contributed by atoms with Crippen LogP contribution in [-0.4, -0.2) is 29.9 Å². The van der Waals surface area contributed by atoms with Crippen molar-refractivity contribution in [3.8, 4) is 0 Å². The van der Waals surface area contributed by atoms with Crippen LogP contribution in [0.15, 0.2) is 11.4 Å². The highest BCUT2D eigenvalue weighted by Gasteiger charge is 2.33. The highest BCUT2D eigenvalue weighted by Crippen LogP contribution is 2.36. The van der Waals surface area contributed by atoms with Gasteiger partial charge < -0.3 is 10.6 Å². The molecule has 0 spiro atoms. The minimum absolute atomic E-state index is 0.107. The van der Waals surface area contributed by atoms with E-state index in [9.17, 15) is 4.79 Å². The fourth-order valence-corrected chi connectivity index (χ4v) is 3.94. The van der Waals surface area contributed by atoms with E-state index in [0.29, 0.717) is 5.91 Å². The number of carbonyl (C=O) groups is 1. The molecule has 0 radical (unpaired) electrons. The van der Waals surface area contributed by atoms with Gasteiger partial charge in [-0.3, -0.25) is 4.79 Å². The van der Waals surface area contributed by atoms with Crippen LogP contribution in [0.2, 0.25) is 0 Å². The minimum Gasteiger partial charge on any atom is -0.341 e. The number of carbonyl (C=O) groups excluding carboxylic acids is 1. The van der Waals surface area contributed by atoms with Crippen LogP contribution >= 0.6 is 11.3 Å². The number of fused-ring (bicyclic) bond motifs is 1. The van der Waals surface area contributed by atoms with E-state index < -0.39 is 0 Å². The van der Waals surface area contributed by atoms with Crippen molar-refractivity contribution in [2.75, 3.05) is 13.1 Å². The molecule has 0 bridgehead atoms. The first-order chi connectivity index (χ1) is 8.25. The summed E-state index contributed by atoms with van der Waals surface area (Å²) < 4.78 is 0. The molecule has 92 valence electrons. The minimum atomic E-state index is 0.107. The lowest BCUT2D eigenvalue weighted by Gasteiger charge is -2.26. The fourth-order valence-electron chi connectivity index (χ4n) is 2.95. The van der Waals surface area contributed by atoms with Crippen LogP contribution in [-0.2, 0) is 11.2 Å². The molecule has 2 aliphatic rings. The van der Waals surface area contributed by atoms with E-state index >= 15 is 0 Å². The third-order valence-electron chi connectivity index (χ3n) is 3.89. The molecule has 1 aliphatic carbocycles. The van der Waals surface area contributed by atoms with E-state index in [0.717, 1.165) is 38.8 Å². The summed E-state index contributed by atoms with van der Waals surface area (Å²) in [5, 5.41) is 2.12. The number of hydrogen-bond donors (Lipinski definition) is 1. The van der Waals surface area contributed by atoms with Crippen LogP contribution in [0.1, 0.15) is 35.6 Å². The standard InChI is InChI=1S/C13H18N2OS/c14-9-4-6-15(8-9)13(16)11-2-1-3-12-10(11)5-7-17-12/h5,7,9,11H,1-4,6,8,14H2/t9-,11?/m1/s1. The first-order valence-corrected chi connectivity index (χ1v) is 7.24. The van der Waals surface area contributed by atoms with E-state index in [1.54, 1.807) is 11.3 Å².